The zero-order chi connectivity index (χ0) is 20.5. The number of carbonyl (C=O) groups excluding carboxylic acids is 2. The third kappa shape index (κ3) is 4.86. The van der Waals surface area contributed by atoms with E-state index >= 15 is 0 Å². The number of piperidine rings is 1. The highest BCUT2D eigenvalue weighted by molar-refractivity contribution is 5.97. The molecule has 1 saturated heterocycles. The van der Waals surface area contributed by atoms with Crippen LogP contribution in [0.3, 0.4) is 0 Å². The summed E-state index contributed by atoms with van der Waals surface area (Å²) in [6.45, 7) is 11.3. The van der Waals surface area contributed by atoms with Crippen LogP contribution in [-0.4, -0.2) is 45.8 Å². The monoisotopic (exact) mass is 382 g/mol. The molecular weight excluding hydrogens is 352 g/mol. The summed E-state index contributed by atoms with van der Waals surface area (Å²) in [5.41, 5.74) is 3.96. The van der Waals surface area contributed by atoms with E-state index in [2.05, 4.69) is 36.1 Å². The van der Waals surface area contributed by atoms with Crippen LogP contribution in [0.2, 0.25) is 0 Å². The molecule has 150 valence electrons. The molecule has 3 rings (SSSR count). The molecule has 0 bridgehead atoms. The molecule has 28 heavy (non-hydrogen) atoms. The highest BCUT2D eigenvalue weighted by atomic mass is 16.2. The van der Waals surface area contributed by atoms with Crippen molar-refractivity contribution in [1.82, 2.24) is 20.2 Å². The van der Waals surface area contributed by atoms with E-state index in [-0.39, 0.29) is 23.3 Å². The SMILES string of the molecule is Cc1nc2ccc(C(=O)N3CCC(NC(=O)CC(C)(C)C)CC3)cc2nc1C. The predicted octanol–water partition coefficient (Wildman–Crippen LogP) is 3.40. The summed E-state index contributed by atoms with van der Waals surface area (Å²) in [6, 6.07) is 5.66. The first kappa shape index (κ1) is 20.2. The Labute approximate surface area is 166 Å². The Morgan fingerprint density at radius 1 is 1.07 bits per heavy atom. The summed E-state index contributed by atoms with van der Waals surface area (Å²) in [5, 5.41) is 3.12. The Balaban J connectivity index is 1.61. The Morgan fingerprint density at radius 3 is 2.29 bits per heavy atom. The normalized spacial score (nSPS) is 15.7. The van der Waals surface area contributed by atoms with Crippen molar-refractivity contribution in [3.05, 3.63) is 35.2 Å². The maximum atomic E-state index is 12.9. The van der Waals surface area contributed by atoms with Crippen LogP contribution in [-0.2, 0) is 4.79 Å². The van der Waals surface area contributed by atoms with Gasteiger partial charge in [0.1, 0.15) is 0 Å². The van der Waals surface area contributed by atoms with Crippen LogP contribution in [0.5, 0.6) is 0 Å². The highest BCUT2D eigenvalue weighted by Crippen LogP contribution is 2.20. The molecule has 6 heteroatoms. The van der Waals surface area contributed by atoms with Gasteiger partial charge in [-0.25, -0.2) is 9.97 Å². The molecule has 0 atom stereocenters. The van der Waals surface area contributed by atoms with Crippen LogP contribution in [0.1, 0.15) is 61.8 Å². The van der Waals surface area contributed by atoms with Gasteiger partial charge < -0.3 is 10.2 Å². The summed E-state index contributed by atoms with van der Waals surface area (Å²) < 4.78 is 0. The molecule has 1 fully saturated rings. The minimum absolute atomic E-state index is 0.0152. The smallest absolute Gasteiger partial charge is 0.253 e. The third-order valence-electron chi connectivity index (χ3n) is 5.16. The molecule has 1 aliphatic rings. The largest absolute Gasteiger partial charge is 0.353 e. The van der Waals surface area contributed by atoms with Gasteiger partial charge >= 0.3 is 0 Å². The number of aryl methyl sites for hydroxylation is 2. The van der Waals surface area contributed by atoms with Gasteiger partial charge in [0, 0.05) is 31.1 Å². The Kier molecular flexibility index (Phi) is 5.68. The Morgan fingerprint density at radius 2 is 1.68 bits per heavy atom. The van der Waals surface area contributed by atoms with Gasteiger partial charge in [0.15, 0.2) is 0 Å². The highest BCUT2D eigenvalue weighted by Gasteiger charge is 2.26. The zero-order valence-electron chi connectivity index (χ0n) is 17.5. The maximum Gasteiger partial charge on any atom is 0.253 e. The number of benzene rings is 1. The van der Waals surface area contributed by atoms with Gasteiger partial charge in [-0.15, -0.1) is 0 Å². The first-order valence-electron chi connectivity index (χ1n) is 9.96. The average molecular weight is 383 g/mol. The number of nitrogens with one attached hydrogen (secondary N) is 1. The lowest BCUT2D eigenvalue weighted by atomic mass is 9.91. The lowest BCUT2D eigenvalue weighted by Crippen LogP contribution is -2.47. The molecule has 1 aromatic heterocycles. The van der Waals surface area contributed by atoms with Crippen molar-refractivity contribution in [2.75, 3.05) is 13.1 Å². The van der Waals surface area contributed by atoms with Gasteiger partial charge in [-0.05, 0) is 50.3 Å². The van der Waals surface area contributed by atoms with E-state index in [1.165, 1.54) is 0 Å². The van der Waals surface area contributed by atoms with Crippen LogP contribution in [0, 0.1) is 19.3 Å². The van der Waals surface area contributed by atoms with E-state index in [9.17, 15) is 9.59 Å². The van der Waals surface area contributed by atoms with Crippen molar-refractivity contribution in [2.24, 2.45) is 5.41 Å². The number of hydrogen-bond donors (Lipinski definition) is 1. The second kappa shape index (κ2) is 7.86. The molecule has 2 heterocycles. The minimum Gasteiger partial charge on any atom is -0.353 e. The van der Waals surface area contributed by atoms with Crippen molar-refractivity contribution in [3.8, 4) is 0 Å². The van der Waals surface area contributed by atoms with Crippen LogP contribution < -0.4 is 5.32 Å². The van der Waals surface area contributed by atoms with Crippen molar-refractivity contribution >= 4 is 22.8 Å². The average Bonchev–Trinajstić information content (AvgIpc) is 2.61. The second-order valence-electron chi connectivity index (χ2n) is 8.97. The molecule has 2 aromatic rings. The molecule has 2 amide bonds. The van der Waals surface area contributed by atoms with Crippen molar-refractivity contribution in [1.29, 1.82) is 0 Å². The molecule has 1 N–H and O–H groups in total. The van der Waals surface area contributed by atoms with Crippen LogP contribution in [0.4, 0.5) is 0 Å². The number of aromatic nitrogens is 2. The minimum atomic E-state index is -0.0172. The first-order valence-corrected chi connectivity index (χ1v) is 9.96. The van der Waals surface area contributed by atoms with Gasteiger partial charge in [0.05, 0.1) is 22.4 Å². The summed E-state index contributed by atoms with van der Waals surface area (Å²) in [7, 11) is 0. The fourth-order valence-electron chi connectivity index (χ4n) is 3.53. The van der Waals surface area contributed by atoms with Crippen LogP contribution in [0.25, 0.3) is 11.0 Å². The zero-order valence-corrected chi connectivity index (χ0v) is 17.5. The van der Waals surface area contributed by atoms with Gasteiger partial charge in [-0.2, -0.15) is 0 Å². The number of carbonyl (C=O) groups is 2. The summed E-state index contributed by atoms with van der Waals surface area (Å²) >= 11 is 0. The maximum absolute atomic E-state index is 12.9. The van der Waals surface area contributed by atoms with E-state index in [1.54, 1.807) is 0 Å². The summed E-state index contributed by atoms with van der Waals surface area (Å²) in [5.74, 6) is 0.109. The molecule has 1 aromatic carbocycles. The van der Waals surface area contributed by atoms with E-state index in [1.807, 2.05) is 36.9 Å². The first-order chi connectivity index (χ1) is 13.1. The second-order valence-corrected chi connectivity index (χ2v) is 8.97. The molecular formula is C22H30N4O2. The summed E-state index contributed by atoms with van der Waals surface area (Å²) in [6.07, 6.45) is 2.09. The lowest BCUT2D eigenvalue weighted by Gasteiger charge is -2.33. The molecule has 6 nitrogen and oxygen atoms in total. The predicted molar refractivity (Wildman–Crippen MR) is 110 cm³/mol. The Hall–Kier alpha value is -2.50. The molecule has 0 saturated carbocycles. The molecule has 0 unspecified atom stereocenters. The van der Waals surface area contributed by atoms with Gasteiger partial charge in [-0.3, -0.25) is 9.59 Å². The van der Waals surface area contributed by atoms with E-state index < -0.39 is 0 Å². The number of likely N-dealkylation sites (tertiary alicyclic amines) is 1. The number of fused-ring (bicyclic) bond motifs is 1. The molecule has 0 spiro atoms. The standard InChI is InChI=1S/C22H30N4O2/c1-14-15(2)24-19-12-16(6-7-18(19)23-14)21(28)26-10-8-17(9-11-26)25-20(27)13-22(3,4)5/h6-7,12,17H,8-11,13H2,1-5H3,(H,25,27). The van der Waals surface area contributed by atoms with Crippen LogP contribution in [0.15, 0.2) is 18.2 Å². The quantitative estimate of drug-likeness (QED) is 0.883. The van der Waals surface area contributed by atoms with E-state index in [4.69, 9.17) is 0 Å². The fraction of sp³-hybridized carbons (Fsp3) is 0.545. The number of hydrogen-bond acceptors (Lipinski definition) is 4. The molecule has 1 aliphatic heterocycles. The van der Waals surface area contributed by atoms with Gasteiger partial charge in [0.2, 0.25) is 5.91 Å². The lowest BCUT2D eigenvalue weighted by molar-refractivity contribution is -0.123. The third-order valence-corrected chi connectivity index (χ3v) is 5.16. The van der Waals surface area contributed by atoms with Crippen molar-refractivity contribution < 1.29 is 9.59 Å². The van der Waals surface area contributed by atoms with Crippen LogP contribution >= 0.6 is 0 Å². The topological polar surface area (TPSA) is 75.2 Å². The number of amides is 2. The molecule has 0 radical (unpaired) electrons. The van der Waals surface area contributed by atoms with Crippen molar-refractivity contribution in [2.45, 2.75) is 59.9 Å². The fourth-order valence-corrected chi connectivity index (χ4v) is 3.53. The van der Waals surface area contributed by atoms with Gasteiger partial charge in [-0.1, -0.05) is 20.8 Å². The number of rotatable bonds is 3. The molecule has 0 aliphatic carbocycles. The Bertz CT molecular complexity index is 893. The summed E-state index contributed by atoms with van der Waals surface area (Å²) in [4.78, 5) is 36.0. The van der Waals surface area contributed by atoms with E-state index in [0.717, 1.165) is 35.3 Å². The van der Waals surface area contributed by atoms with Crippen molar-refractivity contribution in [3.63, 3.8) is 0 Å². The number of nitrogens with zero attached hydrogens (tertiary/aromatic N) is 3. The van der Waals surface area contributed by atoms with E-state index in [0.29, 0.717) is 25.1 Å². The van der Waals surface area contributed by atoms with Gasteiger partial charge in [0.25, 0.3) is 5.91 Å².